The van der Waals surface area contributed by atoms with E-state index in [-0.39, 0.29) is 12.5 Å². The topological polar surface area (TPSA) is 68.5 Å². The molecule has 150 valence electrons. The van der Waals surface area contributed by atoms with Crippen LogP contribution in [0.1, 0.15) is 25.3 Å². The number of likely N-dealkylation sites (tertiary alicyclic amines) is 1. The van der Waals surface area contributed by atoms with Crippen LogP contribution in [0.25, 0.3) is 22.8 Å². The molecule has 6 nitrogen and oxygen atoms in total. The Labute approximate surface area is 170 Å². The van der Waals surface area contributed by atoms with Gasteiger partial charge in [0.15, 0.2) is 6.61 Å². The van der Waals surface area contributed by atoms with E-state index in [0.29, 0.717) is 28.9 Å². The van der Waals surface area contributed by atoms with Crippen molar-refractivity contribution in [3.63, 3.8) is 0 Å². The standard InChI is InChI=1S/C23H25N3O3/c1-16-11-13-26(14-12-16)21(27)15-28-20-10-6-5-9-19(20)22-24-23(29-25-22)18-8-4-3-7-17(18)2/h3-10,16H,11-15H2,1-2H3. The number of benzene rings is 2. The minimum absolute atomic E-state index is 0.00783. The first kappa shape index (κ1) is 19.2. The third-order valence-electron chi connectivity index (χ3n) is 5.42. The van der Waals surface area contributed by atoms with Crippen molar-refractivity contribution in [2.75, 3.05) is 19.7 Å². The van der Waals surface area contributed by atoms with E-state index in [4.69, 9.17) is 9.26 Å². The lowest BCUT2D eigenvalue weighted by Crippen LogP contribution is -2.40. The van der Waals surface area contributed by atoms with Gasteiger partial charge in [-0.05, 0) is 49.4 Å². The van der Waals surface area contributed by atoms with Crippen molar-refractivity contribution in [3.8, 4) is 28.6 Å². The van der Waals surface area contributed by atoms with E-state index in [2.05, 4.69) is 17.1 Å². The van der Waals surface area contributed by atoms with Crippen LogP contribution in [0, 0.1) is 12.8 Å². The summed E-state index contributed by atoms with van der Waals surface area (Å²) in [5.41, 5.74) is 2.67. The van der Waals surface area contributed by atoms with Gasteiger partial charge in [0, 0.05) is 18.7 Å². The van der Waals surface area contributed by atoms with E-state index < -0.39 is 0 Å². The zero-order chi connectivity index (χ0) is 20.2. The molecule has 0 bridgehead atoms. The normalized spacial score (nSPS) is 14.8. The Bertz CT molecular complexity index is 990. The van der Waals surface area contributed by atoms with Gasteiger partial charge < -0.3 is 14.2 Å². The maximum Gasteiger partial charge on any atom is 0.260 e. The number of aryl methyl sites for hydroxylation is 1. The molecular formula is C23H25N3O3. The maximum absolute atomic E-state index is 12.5. The molecule has 1 fully saturated rings. The molecule has 0 radical (unpaired) electrons. The smallest absolute Gasteiger partial charge is 0.260 e. The molecule has 4 rings (SSSR count). The lowest BCUT2D eigenvalue weighted by molar-refractivity contribution is -0.134. The van der Waals surface area contributed by atoms with E-state index in [1.165, 1.54) is 0 Å². The molecule has 0 unspecified atom stereocenters. The molecule has 2 heterocycles. The number of piperidine rings is 1. The third kappa shape index (κ3) is 4.31. The van der Waals surface area contributed by atoms with E-state index >= 15 is 0 Å². The van der Waals surface area contributed by atoms with Crippen molar-refractivity contribution in [1.29, 1.82) is 0 Å². The maximum atomic E-state index is 12.5. The van der Waals surface area contributed by atoms with Crippen LogP contribution in [0.2, 0.25) is 0 Å². The first-order valence-corrected chi connectivity index (χ1v) is 10.0. The van der Waals surface area contributed by atoms with Crippen LogP contribution in [-0.4, -0.2) is 40.6 Å². The fourth-order valence-electron chi connectivity index (χ4n) is 3.52. The predicted octanol–water partition coefficient (Wildman–Crippen LogP) is 4.35. The number of hydrogen-bond donors (Lipinski definition) is 0. The second-order valence-electron chi connectivity index (χ2n) is 7.59. The molecule has 1 aliphatic rings. The van der Waals surface area contributed by atoms with E-state index in [0.717, 1.165) is 37.1 Å². The Kier molecular flexibility index (Phi) is 5.60. The minimum atomic E-state index is 0.00783. The SMILES string of the molecule is Cc1ccccc1-c1nc(-c2ccccc2OCC(=O)N2CCC(C)CC2)no1. The van der Waals surface area contributed by atoms with Gasteiger partial charge in [0.05, 0.1) is 5.56 Å². The molecule has 29 heavy (non-hydrogen) atoms. The van der Waals surface area contributed by atoms with Crippen molar-refractivity contribution in [2.24, 2.45) is 5.92 Å². The third-order valence-corrected chi connectivity index (χ3v) is 5.42. The van der Waals surface area contributed by atoms with Crippen LogP contribution in [0.15, 0.2) is 53.1 Å². The quantitative estimate of drug-likeness (QED) is 0.647. The highest BCUT2D eigenvalue weighted by Gasteiger charge is 2.21. The van der Waals surface area contributed by atoms with E-state index in [1.54, 1.807) is 0 Å². The highest BCUT2D eigenvalue weighted by molar-refractivity contribution is 5.78. The number of aromatic nitrogens is 2. The van der Waals surface area contributed by atoms with Gasteiger partial charge in [-0.2, -0.15) is 4.98 Å². The van der Waals surface area contributed by atoms with Gasteiger partial charge in [0.1, 0.15) is 5.75 Å². The second kappa shape index (κ2) is 8.47. The minimum Gasteiger partial charge on any atom is -0.483 e. The van der Waals surface area contributed by atoms with Gasteiger partial charge in [0.2, 0.25) is 5.82 Å². The Morgan fingerprint density at radius 2 is 1.79 bits per heavy atom. The summed E-state index contributed by atoms with van der Waals surface area (Å²) in [6.45, 7) is 5.84. The number of para-hydroxylation sites is 1. The number of amides is 1. The summed E-state index contributed by atoms with van der Waals surface area (Å²) in [4.78, 5) is 18.9. The molecule has 0 spiro atoms. The van der Waals surface area contributed by atoms with Gasteiger partial charge in [-0.25, -0.2) is 0 Å². The average Bonchev–Trinajstić information content (AvgIpc) is 3.23. The molecule has 0 saturated carbocycles. The zero-order valence-corrected chi connectivity index (χ0v) is 16.8. The highest BCUT2D eigenvalue weighted by Crippen LogP contribution is 2.30. The van der Waals surface area contributed by atoms with E-state index in [1.807, 2.05) is 60.4 Å². The summed E-state index contributed by atoms with van der Waals surface area (Å²) >= 11 is 0. The fourth-order valence-corrected chi connectivity index (χ4v) is 3.52. The Balaban J connectivity index is 1.49. The van der Waals surface area contributed by atoms with Crippen LogP contribution < -0.4 is 4.74 Å². The lowest BCUT2D eigenvalue weighted by Gasteiger charge is -2.30. The first-order valence-electron chi connectivity index (χ1n) is 10.0. The highest BCUT2D eigenvalue weighted by atomic mass is 16.5. The molecule has 1 amide bonds. The van der Waals surface area contributed by atoms with Crippen molar-refractivity contribution in [3.05, 3.63) is 54.1 Å². The summed E-state index contributed by atoms with van der Waals surface area (Å²) < 4.78 is 11.3. The number of rotatable bonds is 5. The van der Waals surface area contributed by atoms with Gasteiger partial charge >= 0.3 is 0 Å². The molecule has 0 atom stereocenters. The second-order valence-corrected chi connectivity index (χ2v) is 7.59. The summed E-state index contributed by atoms with van der Waals surface area (Å²) in [7, 11) is 0. The molecule has 6 heteroatoms. The van der Waals surface area contributed by atoms with Crippen molar-refractivity contribution in [1.82, 2.24) is 15.0 Å². The Morgan fingerprint density at radius 3 is 2.55 bits per heavy atom. The molecule has 1 aromatic heterocycles. The number of hydrogen-bond acceptors (Lipinski definition) is 5. The van der Waals surface area contributed by atoms with Gasteiger partial charge in [-0.3, -0.25) is 4.79 Å². The monoisotopic (exact) mass is 391 g/mol. The van der Waals surface area contributed by atoms with Crippen LogP contribution in [0.3, 0.4) is 0 Å². The molecule has 0 aliphatic carbocycles. The average molecular weight is 391 g/mol. The Hall–Kier alpha value is -3.15. The Morgan fingerprint density at radius 1 is 1.10 bits per heavy atom. The lowest BCUT2D eigenvalue weighted by atomic mass is 9.99. The van der Waals surface area contributed by atoms with Crippen LogP contribution >= 0.6 is 0 Å². The largest absolute Gasteiger partial charge is 0.483 e. The van der Waals surface area contributed by atoms with Gasteiger partial charge in [-0.1, -0.05) is 42.4 Å². The number of carbonyl (C=O) groups is 1. The van der Waals surface area contributed by atoms with Crippen molar-refractivity contribution in [2.45, 2.75) is 26.7 Å². The van der Waals surface area contributed by atoms with Crippen molar-refractivity contribution < 1.29 is 14.1 Å². The zero-order valence-electron chi connectivity index (χ0n) is 16.8. The fraction of sp³-hybridized carbons (Fsp3) is 0.348. The first-order chi connectivity index (χ1) is 14.1. The number of nitrogens with zero attached hydrogens (tertiary/aromatic N) is 3. The molecule has 3 aromatic rings. The molecular weight excluding hydrogens is 366 g/mol. The van der Waals surface area contributed by atoms with Crippen LogP contribution in [-0.2, 0) is 4.79 Å². The van der Waals surface area contributed by atoms with E-state index in [9.17, 15) is 4.79 Å². The molecule has 2 aromatic carbocycles. The van der Waals surface area contributed by atoms with Crippen molar-refractivity contribution >= 4 is 5.91 Å². The summed E-state index contributed by atoms with van der Waals surface area (Å²) in [5, 5.41) is 4.13. The number of ether oxygens (including phenoxy) is 1. The predicted molar refractivity (Wildman–Crippen MR) is 110 cm³/mol. The summed E-state index contributed by atoms with van der Waals surface area (Å²) in [6.07, 6.45) is 2.10. The molecule has 1 saturated heterocycles. The summed E-state index contributed by atoms with van der Waals surface area (Å²) in [5.74, 6) is 2.18. The van der Waals surface area contributed by atoms with Gasteiger partial charge in [0.25, 0.3) is 11.8 Å². The molecule has 1 aliphatic heterocycles. The van der Waals surface area contributed by atoms with Gasteiger partial charge in [-0.15, -0.1) is 0 Å². The van der Waals surface area contributed by atoms with Crippen LogP contribution in [0.4, 0.5) is 0 Å². The van der Waals surface area contributed by atoms with Crippen LogP contribution in [0.5, 0.6) is 5.75 Å². The summed E-state index contributed by atoms with van der Waals surface area (Å²) in [6, 6.07) is 15.3. The number of carbonyl (C=O) groups excluding carboxylic acids is 1. The molecule has 0 N–H and O–H groups in total.